The molecule has 0 amide bonds. The summed E-state index contributed by atoms with van der Waals surface area (Å²) in [6, 6.07) is 18.1. The monoisotopic (exact) mass is 831 g/mol. The topological polar surface area (TPSA) is 226 Å². The molecule has 2 aromatic carbocycles. The lowest BCUT2D eigenvalue weighted by Gasteiger charge is -2.19. The Morgan fingerprint density at radius 2 is 1.44 bits per heavy atom. The van der Waals surface area contributed by atoms with Crippen LogP contribution in [0.25, 0.3) is 22.6 Å². The normalized spacial score (nSPS) is 10.9. The molecule has 0 aliphatic carbocycles. The van der Waals surface area contributed by atoms with Crippen LogP contribution in [0.1, 0.15) is 68.2 Å². The molecule has 13 nitrogen and oxygen atoms in total. The van der Waals surface area contributed by atoms with Crippen LogP contribution >= 0.6 is 48.2 Å². The maximum Gasteiger partial charge on any atom is 0.306 e. The summed E-state index contributed by atoms with van der Waals surface area (Å²) >= 11 is 7.23. The molecule has 6 N–H and O–H groups in total. The summed E-state index contributed by atoms with van der Waals surface area (Å²) in [5, 5.41) is 21.2. The minimum absolute atomic E-state index is 0. The number of hydrogen-bond donors (Lipinski definition) is 3. The fraction of sp³-hybridized carbons (Fsp3) is 0.368. The van der Waals surface area contributed by atoms with Gasteiger partial charge in [0.2, 0.25) is 5.89 Å². The first-order valence-corrected chi connectivity index (χ1v) is 18.6. The van der Waals surface area contributed by atoms with E-state index >= 15 is 0 Å². The van der Waals surface area contributed by atoms with E-state index < -0.39 is 18.0 Å². The van der Waals surface area contributed by atoms with Crippen LogP contribution in [0.3, 0.4) is 0 Å². The third-order valence-electron chi connectivity index (χ3n) is 7.89. The number of anilines is 1. The second-order valence-corrected chi connectivity index (χ2v) is 13.3. The molecule has 0 aliphatic heterocycles. The summed E-state index contributed by atoms with van der Waals surface area (Å²) in [5.74, 6) is 0.322. The van der Waals surface area contributed by atoms with Crippen LogP contribution in [0, 0.1) is 22.7 Å². The highest BCUT2D eigenvalue weighted by atomic mass is 35.5. The fourth-order valence-electron chi connectivity index (χ4n) is 5.14. The van der Waals surface area contributed by atoms with E-state index in [2.05, 4.69) is 22.1 Å². The van der Waals surface area contributed by atoms with Crippen molar-refractivity contribution in [1.29, 1.82) is 10.5 Å². The molecule has 294 valence electrons. The van der Waals surface area contributed by atoms with Gasteiger partial charge in [-0.3, -0.25) is 9.59 Å². The van der Waals surface area contributed by atoms with Gasteiger partial charge in [-0.2, -0.15) is 10.5 Å². The summed E-state index contributed by atoms with van der Waals surface area (Å²) in [5.41, 5.74) is 19.8. The van der Waals surface area contributed by atoms with E-state index in [4.69, 9.17) is 47.4 Å². The minimum atomic E-state index is -0.841. The molecular formula is C38H44Cl3N7O6S. The van der Waals surface area contributed by atoms with Gasteiger partial charge in [-0.15, -0.1) is 24.8 Å². The molecule has 0 saturated carbocycles. The molecular weight excluding hydrogens is 789 g/mol. The average Bonchev–Trinajstić information content (AvgIpc) is 3.64. The maximum absolute atomic E-state index is 12.5. The number of benzene rings is 2. The van der Waals surface area contributed by atoms with Crippen molar-refractivity contribution in [1.82, 2.24) is 9.97 Å². The molecule has 0 fully saturated rings. The van der Waals surface area contributed by atoms with Crippen LogP contribution < -0.4 is 21.9 Å². The van der Waals surface area contributed by atoms with Gasteiger partial charge in [0.15, 0.2) is 6.10 Å². The van der Waals surface area contributed by atoms with E-state index in [1.165, 1.54) is 18.0 Å². The van der Waals surface area contributed by atoms with E-state index in [0.717, 1.165) is 31.2 Å². The van der Waals surface area contributed by atoms with Crippen molar-refractivity contribution in [3.63, 3.8) is 0 Å². The number of rotatable bonds is 21. The predicted octanol–water partition coefficient (Wildman–Crippen LogP) is 7.39. The number of carbonyl (C=O) groups excluding carboxylic acids is 2. The summed E-state index contributed by atoms with van der Waals surface area (Å²) in [4.78, 5) is 33.8. The highest BCUT2D eigenvalue weighted by Gasteiger charge is 2.22. The number of carbonyl (C=O) groups is 2. The second kappa shape index (κ2) is 24.8. The Morgan fingerprint density at radius 1 is 0.818 bits per heavy atom. The van der Waals surface area contributed by atoms with Gasteiger partial charge in [-0.05, 0) is 80.7 Å². The van der Waals surface area contributed by atoms with Gasteiger partial charge in [-0.25, -0.2) is 9.97 Å². The van der Waals surface area contributed by atoms with E-state index in [1.54, 1.807) is 48.5 Å². The standard InChI is InChI=1S/C38H42ClN7O6S.2ClH/c39-27-13-9-26(10-14-27)37-45-28(21-51-37)24-53-38-32(20-43)35(31(19-42)36(44)46-38)25-11-15-29(16-12-25)49-22-30(52-34(48)8-4-2-6-18-41)23-50-33(47)7-3-1-5-17-40;;/h9-16,21,30H,1-8,17-18,22-24,40-41H2,(H2,44,46);2*1H/t30-;;/m0../s1. The minimum Gasteiger partial charge on any atom is -0.490 e. The maximum atomic E-state index is 12.5. The number of aromatic nitrogens is 2. The molecule has 0 radical (unpaired) electrons. The number of nitrogen functional groups attached to an aromatic ring is 1. The molecule has 4 rings (SSSR count). The number of hydrogen-bond acceptors (Lipinski definition) is 14. The number of ether oxygens (including phenoxy) is 3. The molecule has 2 heterocycles. The zero-order chi connectivity index (χ0) is 38.0. The Balaban J connectivity index is 0.00000523. The lowest BCUT2D eigenvalue weighted by atomic mass is 9.97. The number of thioether (sulfide) groups is 1. The number of oxazole rings is 1. The highest BCUT2D eigenvalue weighted by Crippen LogP contribution is 2.37. The van der Waals surface area contributed by atoms with Crippen molar-refractivity contribution in [2.24, 2.45) is 11.5 Å². The van der Waals surface area contributed by atoms with Gasteiger partial charge in [0.25, 0.3) is 0 Å². The first-order chi connectivity index (χ1) is 25.8. The van der Waals surface area contributed by atoms with E-state index in [9.17, 15) is 20.1 Å². The quantitative estimate of drug-likeness (QED) is 0.0423. The number of pyridine rings is 1. The molecule has 0 unspecified atom stereocenters. The average molecular weight is 833 g/mol. The Kier molecular flexibility index (Phi) is 21.0. The number of esters is 2. The number of nitrogens with zero attached hydrogens (tertiary/aromatic N) is 4. The van der Waals surface area contributed by atoms with Gasteiger partial charge in [0.1, 0.15) is 53.8 Å². The summed E-state index contributed by atoms with van der Waals surface area (Å²) in [6.07, 6.45) is 5.67. The van der Waals surface area contributed by atoms with Crippen molar-refractivity contribution >= 4 is 65.9 Å². The Hall–Kier alpha value is -4.54. The van der Waals surface area contributed by atoms with Crippen LogP contribution in [0.5, 0.6) is 5.75 Å². The van der Waals surface area contributed by atoms with Gasteiger partial charge < -0.3 is 35.8 Å². The van der Waals surface area contributed by atoms with Crippen molar-refractivity contribution < 1.29 is 28.2 Å². The van der Waals surface area contributed by atoms with Crippen LogP contribution in [-0.4, -0.2) is 54.3 Å². The van der Waals surface area contributed by atoms with Gasteiger partial charge >= 0.3 is 11.9 Å². The first-order valence-electron chi connectivity index (χ1n) is 17.2. The number of halogens is 3. The Labute approximate surface area is 342 Å². The molecule has 1 atom stereocenters. The van der Waals surface area contributed by atoms with Crippen LogP contribution in [0.2, 0.25) is 5.02 Å². The van der Waals surface area contributed by atoms with Gasteiger partial charge in [0, 0.05) is 34.7 Å². The molecule has 0 bridgehead atoms. The SMILES string of the molecule is Cl.Cl.N#Cc1c(N)nc(SCc2coc(-c3ccc(Cl)cc3)n2)c(C#N)c1-c1ccc(OC[C@@H](COC(=O)CCCCCN)OC(=O)CCCCCN)cc1. The Bertz CT molecular complexity index is 1900. The number of nitriles is 2. The lowest BCUT2D eigenvalue weighted by molar-refractivity contribution is -0.161. The van der Waals surface area contributed by atoms with Crippen LogP contribution in [-0.2, 0) is 24.8 Å². The van der Waals surface area contributed by atoms with E-state index in [0.29, 0.717) is 70.2 Å². The fourth-order valence-corrected chi connectivity index (χ4v) is 6.14. The van der Waals surface area contributed by atoms with Crippen molar-refractivity contribution in [3.05, 3.63) is 76.6 Å². The zero-order valence-electron chi connectivity index (χ0n) is 30.0. The summed E-state index contributed by atoms with van der Waals surface area (Å²) < 4.78 is 22.6. The summed E-state index contributed by atoms with van der Waals surface area (Å²) in [7, 11) is 0. The van der Waals surface area contributed by atoms with E-state index in [-0.39, 0.29) is 67.8 Å². The third-order valence-corrected chi connectivity index (χ3v) is 9.15. The zero-order valence-corrected chi connectivity index (χ0v) is 33.2. The molecule has 2 aromatic heterocycles. The molecule has 0 spiro atoms. The third kappa shape index (κ3) is 14.6. The first kappa shape index (κ1) is 46.6. The van der Waals surface area contributed by atoms with E-state index in [1.807, 2.05) is 0 Å². The van der Waals surface area contributed by atoms with Crippen LogP contribution in [0.15, 0.2) is 64.2 Å². The van der Waals surface area contributed by atoms with Gasteiger partial charge in [0.05, 0.1) is 11.3 Å². The molecule has 0 saturated heterocycles. The number of nitrogens with two attached hydrogens (primary N) is 3. The highest BCUT2D eigenvalue weighted by molar-refractivity contribution is 7.98. The smallest absolute Gasteiger partial charge is 0.306 e. The van der Waals surface area contributed by atoms with Crippen LogP contribution in [0.4, 0.5) is 5.82 Å². The predicted molar refractivity (Wildman–Crippen MR) is 216 cm³/mol. The molecule has 17 heteroatoms. The largest absolute Gasteiger partial charge is 0.490 e. The van der Waals surface area contributed by atoms with Gasteiger partial charge in [-0.1, -0.05) is 48.3 Å². The second-order valence-electron chi connectivity index (χ2n) is 11.9. The number of unbranched alkanes of at least 4 members (excludes halogenated alkanes) is 4. The van der Waals surface area contributed by atoms with Crippen molar-refractivity contribution in [2.75, 3.05) is 32.0 Å². The van der Waals surface area contributed by atoms with Crippen molar-refractivity contribution in [2.45, 2.75) is 68.2 Å². The molecule has 55 heavy (non-hydrogen) atoms. The summed E-state index contributed by atoms with van der Waals surface area (Å²) in [6.45, 7) is 0.871. The Morgan fingerprint density at radius 3 is 2.05 bits per heavy atom. The molecule has 4 aromatic rings. The molecule has 0 aliphatic rings. The van der Waals surface area contributed by atoms with Crippen molar-refractivity contribution in [3.8, 4) is 40.5 Å². The lowest BCUT2D eigenvalue weighted by Crippen LogP contribution is -2.31.